The number of nitrogens with zero attached hydrogens (tertiary/aromatic N) is 2. The van der Waals surface area contributed by atoms with Crippen molar-refractivity contribution >= 4 is 0 Å². The van der Waals surface area contributed by atoms with Gasteiger partial charge in [0.15, 0.2) is 0 Å². The second kappa shape index (κ2) is 8.92. The van der Waals surface area contributed by atoms with E-state index in [2.05, 4.69) is 65.3 Å². The zero-order valence-electron chi connectivity index (χ0n) is 19.0. The zero-order chi connectivity index (χ0) is 19.5. The van der Waals surface area contributed by atoms with E-state index in [4.69, 9.17) is 4.74 Å². The lowest BCUT2D eigenvalue weighted by Crippen LogP contribution is -2.37. The highest BCUT2D eigenvalue weighted by atomic mass is 16.5. The summed E-state index contributed by atoms with van der Waals surface area (Å²) in [6.45, 7) is 22.1. The summed E-state index contributed by atoms with van der Waals surface area (Å²) in [7, 11) is 2.30. The van der Waals surface area contributed by atoms with Gasteiger partial charge in [0.1, 0.15) is 0 Å². The second-order valence-corrected chi connectivity index (χ2v) is 11.4. The van der Waals surface area contributed by atoms with Crippen LogP contribution in [0, 0.1) is 22.7 Å². The fraction of sp³-hybridized carbons (Fsp3) is 1.00. The maximum Gasteiger partial charge on any atom is 0.0593 e. The van der Waals surface area contributed by atoms with Crippen molar-refractivity contribution in [1.29, 1.82) is 0 Å². The van der Waals surface area contributed by atoms with Crippen molar-refractivity contribution in [3.8, 4) is 0 Å². The molecule has 0 bridgehead atoms. The molecule has 0 aromatic carbocycles. The first-order chi connectivity index (χ1) is 12.0. The van der Waals surface area contributed by atoms with Crippen LogP contribution in [0.1, 0.15) is 74.1 Å². The fourth-order valence-corrected chi connectivity index (χ4v) is 4.98. The predicted molar refractivity (Wildman–Crippen MR) is 113 cm³/mol. The third-order valence-corrected chi connectivity index (χ3v) is 6.85. The lowest BCUT2D eigenvalue weighted by Gasteiger charge is -2.35. The molecule has 0 aromatic heterocycles. The first kappa shape index (κ1) is 22.2. The third kappa shape index (κ3) is 6.49. The highest BCUT2D eigenvalue weighted by molar-refractivity contribution is 4.90. The normalized spacial score (nSPS) is 30.2. The van der Waals surface area contributed by atoms with Crippen molar-refractivity contribution in [3.05, 3.63) is 0 Å². The molecule has 2 heterocycles. The van der Waals surface area contributed by atoms with Gasteiger partial charge in [-0.15, -0.1) is 0 Å². The molecule has 2 saturated heterocycles. The van der Waals surface area contributed by atoms with E-state index in [1.807, 2.05) is 0 Å². The minimum absolute atomic E-state index is 0.381. The van der Waals surface area contributed by atoms with Crippen LogP contribution < -0.4 is 0 Å². The maximum atomic E-state index is 6.15. The van der Waals surface area contributed by atoms with E-state index >= 15 is 0 Å². The zero-order valence-corrected chi connectivity index (χ0v) is 19.0. The Kier molecular flexibility index (Phi) is 7.61. The minimum Gasteiger partial charge on any atom is -0.380 e. The van der Waals surface area contributed by atoms with Crippen molar-refractivity contribution in [2.45, 2.75) is 86.2 Å². The SMILES string of the molecule is C[C@H]([C@H]1CC(COCCN2CCC[C@H]2CC(C)(C)C)CN1C)C(C)(C)C. The van der Waals surface area contributed by atoms with Crippen LogP contribution in [0.15, 0.2) is 0 Å². The molecule has 2 rings (SSSR count). The summed E-state index contributed by atoms with van der Waals surface area (Å²) in [4.78, 5) is 5.25. The molecule has 0 spiro atoms. The fourth-order valence-electron chi connectivity index (χ4n) is 4.98. The van der Waals surface area contributed by atoms with Crippen LogP contribution in [-0.4, -0.2) is 61.8 Å². The molecular weight excluding hydrogens is 320 g/mol. The summed E-state index contributed by atoms with van der Waals surface area (Å²) in [5.74, 6) is 1.43. The molecule has 2 fully saturated rings. The van der Waals surface area contributed by atoms with Crippen molar-refractivity contribution in [3.63, 3.8) is 0 Å². The van der Waals surface area contributed by atoms with Gasteiger partial charge < -0.3 is 9.64 Å². The summed E-state index contributed by atoms with van der Waals surface area (Å²) >= 11 is 0. The Morgan fingerprint density at radius 3 is 2.42 bits per heavy atom. The van der Waals surface area contributed by atoms with Crippen molar-refractivity contribution in [2.24, 2.45) is 22.7 Å². The highest BCUT2D eigenvalue weighted by Crippen LogP contribution is 2.37. The molecule has 154 valence electrons. The van der Waals surface area contributed by atoms with Crippen LogP contribution in [-0.2, 0) is 4.74 Å². The quantitative estimate of drug-likeness (QED) is 0.596. The summed E-state index contributed by atoms with van der Waals surface area (Å²) in [5, 5.41) is 0. The second-order valence-electron chi connectivity index (χ2n) is 11.4. The molecule has 0 aromatic rings. The van der Waals surface area contributed by atoms with E-state index in [1.165, 1.54) is 38.8 Å². The molecule has 3 heteroatoms. The van der Waals surface area contributed by atoms with Gasteiger partial charge >= 0.3 is 0 Å². The van der Waals surface area contributed by atoms with E-state index < -0.39 is 0 Å². The molecule has 0 radical (unpaired) electrons. The average molecular weight is 367 g/mol. The number of hydrogen-bond donors (Lipinski definition) is 0. The monoisotopic (exact) mass is 366 g/mol. The van der Waals surface area contributed by atoms with Gasteiger partial charge in [-0.05, 0) is 61.9 Å². The molecule has 4 atom stereocenters. The van der Waals surface area contributed by atoms with E-state index in [0.29, 0.717) is 22.8 Å². The summed E-state index contributed by atoms with van der Waals surface area (Å²) in [6, 6.07) is 1.48. The molecule has 0 N–H and O–H groups in total. The molecule has 26 heavy (non-hydrogen) atoms. The van der Waals surface area contributed by atoms with Gasteiger partial charge in [-0.25, -0.2) is 0 Å². The molecule has 2 aliphatic heterocycles. The molecule has 3 nitrogen and oxygen atoms in total. The number of hydrogen-bond acceptors (Lipinski definition) is 3. The topological polar surface area (TPSA) is 15.7 Å². The number of rotatable bonds is 7. The van der Waals surface area contributed by atoms with E-state index in [0.717, 1.165) is 31.7 Å². The third-order valence-electron chi connectivity index (χ3n) is 6.85. The maximum absolute atomic E-state index is 6.15. The van der Waals surface area contributed by atoms with Gasteiger partial charge in [-0.3, -0.25) is 4.90 Å². The van der Waals surface area contributed by atoms with Crippen molar-refractivity contribution in [1.82, 2.24) is 9.80 Å². The molecule has 0 saturated carbocycles. The number of likely N-dealkylation sites (tertiary alicyclic amines) is 2. The largest absolute Gasteiger partial charge is 0.380 e. The van der Waals surface area contributed by atoms with Gasteiger partial charge in [0, 0.05) is 25.2 Å². The van der Waals surface area contributed by atoms with Gasteiger partial charge in [0.2, 0.25) is 0 Å². The lowest BCUT2D eigenvalue weighted by molar-refractivity contribution is 0.0710. The van der Waals surface area contributed by atoms with Crippen LogP contribution in [0.4, 0.5) is 0 Å². The van der Waals surface area contributed by atoms with Gasteiger partial charge in [0.25, 0.3) is 0 Å². The predicted octanol–water partition coefficient (Wildman–Crippen LogP) is 4.91. The van der Waals surface area contributed by atoms with E-state index in [9.17, 15) is 0 Å². The van der Waals surface area contributed by atoms with Gasteiger partial charge in [-0.1, -0.05) is 48.5 Å². The minimum atomic E-state index is 0.381. The lowest BCUT2D eigenvalue weighted by atomic mass is 9.76. The standard InChI is InChI=1S/C23H46N2O/c1-18(23(5,6)7)21-14-19(16-24(21)8)17-26-13-12-25-11-9-10-20(25)15-22(2,3)4/h18-21H,9-17H2,1-8H3/t18-,19?,20+,21-/m1/s1. The number of ether oxygens (including phenoxy) is 1. The first-order valence-corrected chi connectivity index (χ1v) is 11.0. The van der Waals surface area contributed by atoms with Crippen molar-refractivity contribution in [2.75, 3.05) is 39.9 Å². The Morgan fingerprint density at radius 2 is 1.81 bits per heavy atom. The van der Waals surface area contributed by atoms with Gasteiger partial charge in [0.05, 0.1) is 13.2 Å². The van der Waals surface area contributed by atoms with Gasteiger partial charge in [-0.2, -0.15) is 0 Å². The molecule has 0 aliphatic carbocycles. The van der Waals surface area contributed by atoms with E-state index in [-0.39, 0.29) is 0 Å². The van der Waals surface area contributed by atoms with Crippen LogP contribution in [0.2, 0.25) is 0 Å². The van der Waals surface area contributed by atoms with Crippen LogP contribution in [0.25, 0.3) is 0 Å². The molecule has 1 unspecified atom stereocenters. The Labute approximate surface area is 163 Å². The van der Waals surface area contributed by atoms with Crippen LogP contribution >= 0.6 is 0 Å². The van der Waals surface area contributed by atoms with E-state index in [1.54, 1.807) is 0 Å². The Morgan fingerprint density at radius 1 is 1.12 bits per heavy atom. The Bertz CT molecular complexity index is 423. The molecule has 2 aliphatic rings. The summed E-state index contributed by atoms with van der Waals surface area (Å²) in [5.41, 5.74) is 0.813. The van der Waals surface area contributed by atoms with Crippen LogP contribution in [0.3, 0.4) is 0 Å². The summed E-state index contributed by atoms with van der Waals surface area (Å²) < 4.78 is 6.15. The molecule has 0 amide bonds. The van der Waals surface area contributed by atoms with Crippen molar-refractivity contribution < 1.29 is 4.74 Å². The highest BCUT2D eigenvalue weighted by Gasteiger charge is 2.37. The summed E-state index contributed by atoms with van der Waals surface area (Å²) in [6.07, 6.45) is 5.34. The Balaban J connectivity index is 1.69. The van der Waals surface area contributed by atoms with Crippen LogP contribution in [0.5, 0.6) is 0 Å². The Hall–Kier alpha value is -0.120. The average Bonchev–Trinajstić information content (AvgIpc) is 3.07. The smallest absolute Gasteiger partial charge is 0.0593 e. The first-order valence-electron chi connectivity index (χ1n) is 11.0. The molecular formula is C23H46N2O.